The number of anilines is 1. The molecule has 0 aliphatic rings. The lowest BCUT2D eigenvalue weighted by Gasteiger charge is -2.18. The summed E-state index contributed by atoms with van der Waals surface area (Å²) in [5.41, 5.74) is 3.41. The van der Waals surface area contributed by atoms with Crippen molar-refractivity contribution in [3.8, 4) is 0 Å². The van der Waals surface area contributed by atoms with E-state index in [1.807, 2.05) is 32.3 Å². The number of benzene rings is 1. The van der Waals surface area contributed by atoms with Crippen LogP contribution in [-0.2, 0) is 13.1 Å². The molecule has 0 aliphatic carbocycles. The lowest BCUT2D eigenvalue weighted by Crippen LogP contribution is -2.20. The molecule has 21 heavy (non-hydrogen) atoms. The van der Waals surface area contributed by atoms with E-state index in [1.165, 1.54) is 5.56 Å². The second kappa shape index (κ2) is 7.52. The average molecular weight is 349 g/mol. The second-order valence-corrected chi connectivity index (χ2v) is 5.96. The van der Waals surface area contributed by atoms with Gasteiger partial charge in [0.2, 0.25) is 5.95 Å². The van der Waals surface area contributed by atoms with Crippen molar-refractivity contribution < 1.29 is 0 Å². The molecule has 0 saturated heterocycles. The highest BCUT2D eigenvalue weighted by Crippen LogP contribution is 2.16. The molecule has 1 N–H and O–H groups in total. The molecule has 112 valence electrons. The predicted molar refractivity (Wildman–Crippen MR) is 90.4 cm³/mol. The van der Waals surface area contributed by atoms with Crippen molar-refractivity contribution in [2.75, 3.05) is 18.5 Å². The number of aromatic nitrogens is 2. The van der Waals surface area contributed by atoms with E-state index >= 15 is 0 Å². The minimum Gasteiger partial charge on any atom is -0.340 e. The van der Waals surface area contributed by atoms with Crippen LogP contribution in [0.1, 0.15) is 23.7 Å². The van der Waals surface area contributed by atoms with Gasteiger partial charge in [-0.3, -0.25) is 0 Å². The second-order valence-electron chi connectivity index (χ2n) is 5.05. The molecule has 0 fully saturated rings. The Morgan fingerprint density at radius 1 is 1.33 bits per heavy atom. The number of nitrogens with one attached hydrogen (secondary N) is 1. The molecule has 1 heterocycles. The van der Waals surface area contributed by atoms with Gasteiger partial charge in [-0.25, -0.2) is 9.97 Å². The Labute approximate surface area is 134 Å². The minimum atomic E-state index is 0.757. The van der Waals surface area contributed by atoms with Crippen LogP contribution >= 0.6 is 15.9 Å². The van der Waals surface area contributed by atoms with Crippen LogP contribution < -0.4 is 10.2 Å². The molecule has 2 rings (SSSR count). The summed E-state index contributed by atoms with van der Waals surface area (Å²) in [6.45, 7) is 6.68. The van der Waals surface area contributed by atoms with E-state index in [0.29, 0.717) is 0 Å². The fourth-order valence-electron chi connectivity index (χ4n) is 2.08. The van der Waals surface area contributed by atoms with Crippen molar-refractivity contribution in [3.05, 3.63) is 51.8 Å². The van der Waals surface area contributed by atoms with Gasteiger partial charge in [0, 0.05) is 42.1 Å². The highest BCUT2D eigenvalue weighted by atomic mass is 79.9. The Balaban J connectivity index is 2.08. The first kappa shape index (κ1) is 15.9. The van der Waals surface area contributed by atoms with E-state index in [1.54, 1.807) is 0 Å². The van der Waals surface area contributed by atoms with Crippen molar-refractivity contribution in [3.63, 3.8) is 0 Å². The maximum atomic E-state index is 4.61. The third-order valence-corrected chi connectivity index (χ3v) is 3.78. The van der Waals surface area contributed by atoms with Gasteiger partial charge in [0.15, 0.2) is 0 Å². The summed E-state index contributed by atoms with van der Waals surface area (Å²) in [5, 5.41) is 3.30. The molecule has 0 radical (unpaired) electrons. The van der Waals surface area contributed by atoms with E-state index in [2.05, 4.69) is 55.2 Å². The number of halogens is 1. The van der Waals surface area contributed by atoms with Gasteiger partial charge < -0.3 is 10.2 Å². The Kier molecular flexibility index (Phi) is 5.70. The summed E-state index contributed by atoms with van der Waals surface area (Å²) in [5.74, 6) is 0.757. The van der Waals surface area contributed by atoms with Gasteiger partial charge in [-0.1, -0.05) is 35.0 Å². The third-order valence-electron chi connectivity index (χ3n) is 3.28. The smallest absolute Gasteiger partial charge is 0.225 e. The minimum absolute atomic E-state index is 0.757. The standard InChI is InChI=1S/C16H21BrN4/c1-4-18-9-14-10-19-16(20-12(14)2)21(3)11-13-6-5-7-15(17)8-13/h5-8,10,18H,4,9,11H2,1-3H3. The van der Waals surface area contributed by atoms with E-state index in [4.69, 9.17) is 0 Å². The molecule has 0 spiro atoms. The highest BCUT2D eigenvalue weighted by molar-refractivity contribution is 9.10. The van der Waals surface area contributed by atoms with Gasteiger partial charge in [0.05, 0.1) is 0 Å². The van der Waals surface area contributed by atoms with Gasteiger partial charge in [0.25, 0.3) is 0 Å². The number of hydrogen-bond donors (Lipinski definition) is 1. The van der Waals surface area contributed by atoms with Crippen molar-refractivity contribution in [2.24, 2.45) is 0 Å². The molecule has 0 atom stereocenters. The van der Waals surface area contributed by atoms with E-state index < -0.39 is 0 Å². The van der Waals surface area contributed by atoms with Gasteiger partial charge >= 0.3 is 0 Å². The normalized spacial score (nSPS) is 10.7. The van der Waals surface area contributed by atoms with Crippen LogP contribution in [0, 0.1) is 6.92 Å². The zero-order valence-electron chi connectivity index (χ0n) is 12.7. The van der Waals surface area contributed by atoms with Crippen LogP contribution in [0.4, 0.5) is 5.95 Å². The zero-order chi connectivity index (χ0) is 15.2. The fraction of sp³-hybridized carbons (Fsp3) is 0.375. The summed E-state index contributed by atoms with van der Waals surface area (Å²) in [6.07, 6.45) is 1.91. The molecular formula is C16H21BrN4. The van der Waals surface area contributed by atoms with E-state index in [0.717, 1.165) is 41.3 Å². The number of hydrogen-bond acceptors (Lipinski definition) is 4. The zero-order valence-corrected chi connectivity index (χ0v) is 14.3. The van der Waals surface area contributed by atoms with Crippen molar-refractivity contribution in [2.45, 2.75) is 26.9 Å². The predicted octanol–water partition coefficient (Wildman–Crippen LogP) is 3.29. The Hall–Kier alpha value is -1.46. The Morgan fingerprint density at radius 3 is 2.81 bits per heavy atom. The summed E-state index contributed by atoms with van der Waals surface area (Å²) < 4.78 is 1.09. The lowest BCUT2D eigenvalue weighted by molar-refractivity contribution is 0.713. The van der Waals surface area contributed by atoms with Crippen LogP contribution in [0.15, 0.2) is 34.9 Å². The molecule has 0 bridgehead atoms. The maximum absolute atomic E-state index is 4.61. The first-order chi connectivity index (χ1) is 10.1. The number of nitrogens with zero attached hydrogens (tertiary/aromatic N) is 3. The summed E-state index contributed by atoms with van der Waals surface area (Å²) in [6, 6.07) is 8.29. The van der Waals surface area contributed by atoms with E-state index in [-0.39, 0.29) is 0 Å². The molecule has 0 saturated carbocycles. The average Bonchev–Trinajstić information content (AvgIpc) is 2.46. The van der Waals surface area contributed by atoms with E-state index in [9.17, 15) is 0 Å². The molecule has 0 aliphatic heterocycles. The van der Waals surface area contributed by atoms with Crippen LogP contribution in [0.2, 0.25) is 0 Å². The molecule has 1 aromatic heterocycles. The fourth-order valence-corrected chi connectivity index (χ4v) is 2.52. The Bertz CT molecular complexity index is 601. The van der Waals surface area contributed by atoms with Crippen molar-refractivity contribution in [1.82, 2.24) is 15.3 Å². The summed E-state index contributed by atoms with van der Waals surface area (Å²) in [7, 11) is 2.01. The summed E-state index contributed by atoms with van der Waals surface area (Å²) in [4.78, 5) is 11.1. The maximum Gasteiger partial charge on any atom is 0.225 e. The Morgan fingerprint density at radius 2 is 2.14 bits per heavy atom. The molecule has 1 aromatic carbocycles. The summed E-state index contributed by atoms with van der Waals surface area (Å²) >= 11 is 3.50. The first-order valence-electron chi connectivity index (χ1n) is 7.09. The SMILES string of the molecule is CCNCc1cnc(N(C)Cc2cccc(Br)c2)nc1C. The van der Waals surface area contributed by atoms with Gasteiger partial charge in [-0.05, 0) is 31.2 Å². The van der Waals surface area contributed by atoms with Gasteiger partial charge in [0.1, 0.15) is 0 Å². The largest absolute Gasteiger partial charge is 0.340 e. The molecule has 0 amide bonds. The molecule has 5 heteroatoms. The highest BCUT2D eigenvalue weighted by Gasteiger charge is 2.08. The molecular weight excluding hydrogens is 328 g/mol. The van der Waals surface area contributed by atoms with Crippen LogP contribution in [0.3, 0.4) is 0 Å². The molecule has 4 nitrogen and oxygen atoms in total. The van der Waals surface area contributed by atoms with Crippen LogP contribution in [0.25, 0.3) is 0 Å². The number of rotatable bonds is 6. The molecule has 0 unspecified atom stereocenters. The van der Waals surface area contributed by atoms with Gasteiger partial charge in [-0.2, -0.15) is 0 Å². The van der Waals surface area contributed by atoms with Crippen molar-refractivity contribution in [1.29, 1.82) is 0 Å². The van der Waals surface area contributed by atoms with Crippen LogP contribution in [0.5, 0.6) is 0 Å². The topological polar surface area (TPSA) is 41.1 Å². The van der Waals surface area contributed by atoms with Crippen LogP contribution in [-0.4, -0.2) is 23.6 Å². The quantitative estimate of drug-likeness (QED) is 0.869. The van der Waals surface area contributed by atoms with Crippen molar-refractivity contribution >= 4 is 21.9 Å². The van der Waals surface area contributed by atoms with Gasteiger partial charge in [-0.15, -0.1) is 0 Å². The monoisotopic (exact) mass is 348 g/mol. The molecule has 2 aromatic rings. The lowest BCUT2D eigenvalue weighted by atomic mass is 10.2. The first-order valence-corrected chi connectivity index (χ1v) is 7.88. The third kappa shape index (κ3) is 4.51. The number of aryl methyl sites for hydroxylation is 1.